The molecular formula is C20H19FN2O3S. The van der Waals surface area contributed by atoms with E-state index in [9.17, 15) is 9.18 Å². The highest BCUT2D eigenvalue weighted by Crippen LogP contribution is 2.30. The third-order valence-corrected chi connectivity index (χ3v) is 5.47. The Labute approximate surface area is 160 Å². The number of thiazole rings is 1. The van der Waals surface area contributed by atoms with Crippen molar-refractivity contribution < 1.29 is 18.7 Å². The van der Waals surface area contributed by atoms with Crippen LogP contribution in [-0.4, -0.2) is 36.8 Å². The molecule has 0 bridgehead atoms. The van der Waals surface area contributed by atoms with Gasteiger partial charge in [-0.25, -0.2) is 9.37 Å². The first-order valence-corrected chi connectivity index (χ1v) is 9.67. The number of rotatable bonds is 6. The van der Waals surface area contributed by atoms with Crippen molar-refractivity contribution >= 4 is 32.6 Å². The van der Waals surface area contributed by atoms with Crippen LogP contribution in [0.25, 0.3) is 10.2 Å². The minimum atomic E-state index is -0.490. The van der Waals surface area contributed by atoms with Gasteiger partial charge in [-0.1, -0.05) is 35.6 Å². The fraction of sp³-hybridized carbons (Fsp3) is 0.300. The molecular weight excluding hydrogens is 367 g/mol. The van der Waals surface area contributed by atoms with Crippen LogP contribution in [0.15, 0.2) is 48.5 Å². The summed E-state index contributed by atoms with van der Waals surface area (Å²) in [6, 6.07) is 13.8. The van der Waals surface area contributed by atoms with Crippen molar-refractivity contribution in [1.82, 2.24) is 4.98 Å². The molecule has 27 heavy (non-hydrogen) atoms. The third kappa shape index (κ3) is 4.09. The van der Waals surface area contributed by atoms with Gasteiger partial charge in [0.2, 0.25) is 0 Å². The molecule has 1 saturated heterocycles. The number of carbonyl (C=O) groups excluding carboxylic acids is 1. The van der Waals surface area contributed by atoms with Gasteiger partial charge in [-0.3, -0.25) is 9.69 Å². The largest absolute Gasteiger partial charge is 0.481 e. The van der Waals surface area contributed by atoms with E-state index in [1.807, 2.05) is 24.3 Å². The van der Waals surface area contributed by atoms with Crippen molar-refractivity contribution in [2.45, 2.75) is 18.9 Å². The average Bonchev–Trinajstić information content (AvgIpc) is 3.34. The second-order valence-corrected chi connectivity index (χ2v) is 7.33. The molecule has 140 valence electrons. The van der Waals surface area contributed by atoms with Gasteiger partial charge in [0.25, 0.3) is 5.91 Å². The van der Waals surface area contributed by atoms with E-state index in [1.54, 1.807) is 17.0 Å². The van der Waals surface area contributed by atoms with Gasteiger partial charge in [-0.15, -0.1) is 0 Å². The number of hydrogen-bond acceptors (Lipinski definition) is 5. The van der Waals surface area contributed by atoms with Crippen molar-refractivity contribution in [3.63, 3.8) is 0 Å². The van der Waals surface area contributed by atoms with Crippen molar-refractivity contribution in [2.75, 3.05) is 24.7 Å². The predicted molar refractivity (Wildman–Crippen MR) is 103 cm³/mol. The average molecular weight is 386 g/mol. The van der Waals surface area contributed by atoms with Crippen LogP contribution in [0.5, 0.6) is 5.75 Å². The van der Waals surface area contributed by atoms with E-state index < -0.39 is 5.82 Å². The zero-order chi connectivity index (χ0) is 18.6. The number of benzene rings is 2. The Kier molecular flexibility index (Phi) is 5.31. The molecule has 1 aliphatic heterocycles. The van der Waals surface area contributed by atoms with Crippen molar-refractivity contribution in [2.24, 2.45) is 0 Å². The molecule has 0 radical (unpaired) electrons. The highest BCUT2D eigenvalue weighted by atomic mass is 32.1. The summed E-state index contributed by atoms with van der Waals surface area (Å²) < 4.78 is 25.9. The first-order valence-electron chi connectivity index (χ1n) is 8.85. The molecule has 1 aromatic heterocycles. The van der Waals surface area contributed by atoms with Gasteiger partial charge in [-0.2, -0.15) is 0 Å². The van der Waals surface area contributed by atoms with Crippen LogP contribution < -0.4 is 9.64 Å². The number of fused-ring (bicyclic) bond motifs is 1. The number of nitrogens with zero attached hydrogens (tertiary/aromatic N) is 2. The number of halogens is 1. The SMILES string of the molecule is O=C(COc1ccccc1F)N(CC1CCCO1)c1nc2ccccc2s1. The number of anilines is 1. The van der Waals surface area contributed by atoms with E-state index in [0.717, 1.165) is 23.1 Å². The van der Waals surface area contributed by atoms with Gasteiger partial charge in [-0.05, 0) is 37.1 Å². The van der Waals surface area contributed by atoms with Crippen molar-refractivity contribution in [3.05, 3.63) is 54.3 Å². The maximum absolute atomic E-state index is 13.8. The zero-order valence-corrected chi connectivity index (χ0v) is 15.5. The molecule has 2 heterocycles. The first-order chi connectivity index (χ1) is 13.2. The molecule has 5 nitrogen and oxygen atoms in total. The minimum absolute atomic E-state index is 0.0191. The molecule has 1 aliphatic rings. The van der Waals surface area contributed by atoms with E-state index in [0.29, 0.717) is 18.3 Å². The van der Waals surface area contributed by atoms with Crippen molar-refractivity contribution in [1.29, 1.82) is 0 Å². The summed E-state index contributed by atoms with van der Waals surface area (Å²) in [5.41, 5.74) is 0.845. The summed E-state index contributed by atoms with van der Waals surface area (Å²) >= 11 is 1.45. The lowest BCUT2D eigenvalue weighted by Gasteiger charge is -2.23. The number of carbonyl (C=O) groups is 1. The maximum atomic E-state index is 13.8. The fourth-order valence-corrected chi connectivity index (χ4v) is 4.03. The van der Waals surface area contributed by atoms with E-state index in [2.05, 4.69) is 4.98 Å². The Bertz CT molecular complexity index is 907. The summed E-state index contributed by atoms with van der Waals surface area (Å²) in [6.07, 6.45) is 1.87. The van der Waals surface area contributed by atoms with Crippen LogP contribution in [0.2, 0.25) is 0 Å². The molecule has 0 N–H and O–H groups in total. The number of aromatic nitrogens is 1. The van der Waals surface area contributed by atoms with Crippen LogP contribution >= 0.6 is 11.3 Å². The molecule has 0 aliphatic carbocycles. The molecule has 0 saturated carbocycles. The minimum Gasteiger partial charge on any atom is -0.481 e. The number of ether oxygens (including phenoxy) is 2. The molecule has 7 heteroatoms. The summed E-state index contributed by atoms with van der Waals surface area (Å²) in [7, 11) is 0. The topological polar surface area (TPSA) is 51.7 Å². The quantitative estimate of drug-likeness (QED) is 0.642. The van der Waals surface area contributed by atoms with Gasteiger partial charge in [0.15, 0.2) is 23.3 Å². The third-order valence-electron chi connectivity index (χ3n) is 4.41. The molecule has 1 unspecified atom stereocenters. The zero-order valence-electron chi connectivity index (χ0n) is 14.6. The van der Waals surface area contributed by atoms with Crippen LogP contribution in [-0.2, 0) is 9.53 Å². The smallest absolute Gasteiger partial charge is 0.266 e. The highest BCUT2D eigenvalue weighted by Gasteiger charge is 2.26. The second-order valence-electron chi connectivity index (χ2n) is 6.32. The Hall–Kier alpha value is -2.51. The van der Waals surface area contributed by atoms with E-state index in [1.165, 1.54) is 23.5 Å². The predicted octanol–water partition coefficient (Wildman–Crippen LogP) is 4.03. The lowest BCUT2D eigenvalue weighted by molar-refractivity contribution is -0.121. The second kappa shape index (κ2) is 8.02. The van der Waals surface area contributed by atoms with Gasteiger partial charge in [0, 0.05) is 6.61 Å². The molecule has 3 aromatic rings. The normalized spacial score (nSPS) is 16.6. The molecule has 1 amide bonds. The standard InChI is InChI=1S/C20H19FN2O3S/c21-15-7-1-3-9-17(15)26-13-19(24)23(12-14-6-5-11-25-14)20-22-16-8-2-4-10-18(16)27-20/h1-4,7-10,14H,5-6,11-13H2. The summed E-state index contributed by atoms with van der Waals surface area (Å²) in [4.78, 5) is 19.1. The van der Waals surface area contributed by atoms with E-state index >= 15 is 0 Å². The van der Waals surface area contributed by atoms with Crippen molar-refractivity contribution in [3.8, 4) is 5.75 Å². The number of hydrogen-bond donors (Lipinski definition) is 0. The fourth-order valence-electron chi connectivity index (χ4n) is 3.03. The first kappa shape index (κ1) is 17.9. The molecule has 1 fully saturated rings. The number of para-hydroxylation sites is 2. The highest BCUT2D eigenvalue weighted by molar-refractivity contribution is 7.22. The molecule has 2 aromatic carbocycles. The van der Waals surface area contributed by atoms with Gasteiger partial charge >= 0.3 is 0 Å². The summed E-state index contributed by atoms with van der Waals surface area (Å²) in [5, 5.41) is 0.605. The Balaban J connectivity index is 1.54. The maximum Gasteiger partial charge on any atom is 0.266 e. The van der Waals surface area contributed by atoms with E-state index in [-0.39, 0.29) is 24.4 Å². The Morgan fingerprint density at radius 3 is 2.85 bits per heavy atom. The van der Waals surface area contributed by atoms with Crippen LogP contribution in [0.4, 0.5) is 9.52 Å². The Morgan fingerprint density at radius 2 is 2.07 bits per heavy atom. The van der Waals surface area contributed by atoms with Gasteiger partial charge < -0.3 is 9.47 Å². The molecule has 4 rings (SSSR count). The molecule has 0 spiro atoms. The molecule has 1 atom stereocenters. The monoisotopic (exact) mass is 386 g/mol. The summed E-state index contributed by atoms with van der Waals surface area (Å²) in [6.45, 7) is 0.862. The lowest BCUT2D eigenvalue weighted by atomic mass is 10.2. The van der Waals surface area contributed by atoms with Gasteiger partial charge in [0.1, 0.15) is 0 Å². The van der Waals surface area contributed by atoms with Gasteiger partial charge in [0.05, 0.1) is 22.9 Å². The van der Waals surface area contributed by atoms with Crippen LogP contribution in [0.3, 0.4) is 0 Å². The van der Waals surface area contributed by atoms with Crippen LogP contribution in [0.1, 0.15) is 12.8 Å². The van der Waals surface area contributed by atoms with Crippen LogP contribution in [0, 0.1) is 5.82 Å². The lowest BCUT2D eigenvalue weighted by Crippen LogP contribution is -2.40. The number of amides is 1. The van der Waals surface area contributed by atoms with E-state index in [4.69, 9.17) is 9.47 Å². The summed E-state index contributed by atoms with van der Waals surface area (Å²) in [5.74, 6) is -0.698. The Morgan fingerprint density at radius 1 is 1.26 bits per heavy atom.